The van der Waals surface area contributed by atoms with E-state index in [9.17, 15) is 29.8 Å². The lowest BCUT2D eigenvalue weighted by molar-refractivity contribution is -0.394. The molecule has 11 heteroatoms. The molecule has 1 N–H and O–H groups in total. The number of amides is 1. The number of benzene rings is 2. The molecule has 3 aromatic rings. The molecule has 0 spiro atoms. The van der Waals surface area contributed by atoms with Gasteiger partial charge in [-0.3, -0.25) is 25.0 Å². The van der Waals surface area contributed by atoms with E-state index in [0.717, 1.165) is 40.7 Å². The topological polar surface area (TPSA) is 142 Å². The van der Waals surface area contributed by atoms with Crippen LogP contribution >= 0.6 is 11.3 Å². The minimum absolute atomic E-state index is 0.122. The second-order valence-electron chi connectivity index (χ2n) is 7.35. The molecule has 10 nitrogen and oxygen atoms in total. The number of aryl methyl sites for hydroxylation is 1. The van der Waals surface area contributed by atoms with Gasteiger partial charge in [0.2, 0.25) is 0 Å². The lowest BCUT2D eigenvalue weighted by Crippen LogP contribution is -2.17. The molecular weight excluding hydrogens is 450 g/mol. The van der Waals surface area contributed by atoms with E-state index < -0.39 is 39.2 Å². The number of carbonyl (C=O) groups excluding carboxylic acids is 2. The van der Waals surface area contributed by atoms with E-state index in [-0.39, 0.29) is 16.1 Å². The van der Waals surface area contributed by atoms with Gasteiger partial charge in [0.1, 0.15) is 16.1 Å². The summed E-state index contributed by atoms with van der Waals surface area (Å²) in [5.41, 5.74) is 0.762. The number of thiophene rings is 1. The number of nitrogens with zero attached hydrogens (tertiary/aromatic N) is 2. The van der Waals surface area contributed by atoms with Crippen molar-refractivity contribution in [3.63, 3.8) is 0 Å². The van der Waals surface area contributed by atoms with Gasteiger partial charge in [-0.2, -0.15) is 0 Å². The number of rotatable bonds is 7. The van der Waals surface area contributed by atoms with Crippen molar-refractivity contribution in [2.45, 2.75) is 26.9 Å². The van der Waals surface area contributed by atoms with Crippen LogP contribution in [0.1, 0.15) is 40.1 Å². The summed E-state index contributed by atoms with van der Waals surface area (Å²) in [7, 11) is 0. The molecule has 0 aliphatic rings. The summed E-state index contributed by atoms with van der Waals surface area (Å²) in [5.74, 6) is -1.54. The molecule has 1 heterocycles. The first kappa shape index (κ1) is 23.5. The Morgan fingerprint density at radius 3 is 2.39 bits per heavy atom. The minimum atomic E-state index is -0.882. The highest BCUT2D eigenvalue weighted by atomic mass is 32.1. The van der Waals surface area contributed by atoms with Gasteiger partial charge in [0.25, 0.3) is 17.3 Å². The van der Waals surface area contributed by atoms with Crippen molar-refractivity contribution in [1.29, 1.82) is 0 Å². The highest BCUT2D eigenvalue weighted by molar-refractivity contribution is 7.15. The Kier molecular flexibility index (Phi) is 6.83. The van der Waals surface area contributed by atoms with E-state index in [1.54, 1.807) is 19.2 Å². The van der Waals surface area contributed by atoms with E-state index >= 15 is 0 Å². The van der Waals surface area contributed by atoms with E-state index in [2.05, 4.69) is 5.32 Å². The molecule has 1 amide bonds. The monoisotopic (exact) mass is 469 g/mol. The Balaban J connectivity index is 2.05. The van der Waals surface area contributed by atoms with Gasteiger partial charge in [-0.15, -0.1) is 11.3 Å². The Bertz CT molecular complexity index is 1270. The fraction of sp³-hybridized carbons (Fsp3) is 0.182. The van der Waals surface area contributed by atoms with Crippen LogP contribution in [-0.4, -0.2) is 27.8 Å². The van der Waals surface area contributed by atoms with Crippen LogP contribution in [0.4, 0.5) is 16.4 Å². The maximum absolute atomic E-state index is 12.9. The molecule has 0 radical (unpaired) electrons. The molecule has 0 saturated carbocycles. The summed E-state index contributed by atoms with van der Waals surface area (Å²) < 4.78 is 5.35. The highest BCUT2D eigenvalue weighted by Gasteiger charge is 2.28. The molecule has 0 unspecified atom stereocenters. The van der Waals surface area contributed by atoms with Crippen LogP contribution in [0, 0.1) is 27.2 Å². The van der Waals surface area contributed by atoms with Crippen LogP contribution in [0.15, 0.2) is 47.8 Å². The molecule has 2 aromatic carbocycles. The number of hydrogen-bond acceptors (Lipinski definition) is 8. The van der Waals surface area contributed by atoms with E-state index in [1.807, 2.05) is 31.2 Å². The van der Waals surface area contributed by atoms with Gasteiger partial charge in [-0.05, 0) is 32.4 Å². The highest BCUT2D eigenvalue weighted by Crippen LogP contribution is 2.37. The first-order valence-electron chi connectivity index (χ1n) is 9.72. The number of carbonyl (C=O) groups is 2. The van der Waals surface area contributed by atoms with Gasteiger partial charge in [0.05, 0.1) is 22.0 Å². The van der Waals surface area contributed by atoms with Gasteiger partial charge < -0.3 is 10.1 Å². The Morgan fingerprint density at radius 2 is 1.79 bits per heavy atom. The summed E-state index contributed by atoms with van der Waals surface area (Å²) >= 11 is 1.07. The zero-order valence-electron chi connectivity index (χ0n) is 17.9. The zero-order chi connectivity index (χ0) is 24.3. The lowest BCUT2D eigenvalue weighted by atomic mass is 10.0. The second kappa shape index (κ2) is 9.57. The van der Waals surface area contributed by atoms with Crippen LogP contribution in [-0.2, 0) is 4.74 Å². The summed E-state index contributed by atoms with van der Waals surface area (Å²) in [6.07, 6.45) is -0.415. The second-order valence-corrected chi connectivity index (χ2v) is 8.23. The third kappa shape index (κ3) is 5.21. The number of esters is 1. The molecule has 0 aliphatic carbocycles. The maximum atomic E-state index is 12.9. The molecule has 0 saturated heterocycles. The molecular formula is C22H19N3O7S. The quantitative estimate of drug-likeness (QED) is 0.279. The Labute approximate surface area is 192 Å². The number of ether oxygens (including phenoxy) is 1. The molecule has 0 aliphatic heterocycles. The van der Waals surface area contributed by atoms with Gasteiger partial charge in [-0.25, -0.2) is 4.79 Å². The summed E-state index contributed by atoms with van der Waals surface area (Å²) in [4.78, 5) is 46.5. The molecule has 3 rings (SSSR count). The molecule has 1 aromatic heterocycles. The molecule has 33 heavy (non-hydrogen) atoms. The summed E-state index contributed by atoms with van der Waals surface area (Å²) in [6, 6.07) is 10.1. The van der Waals surface area contributed by atoms with E-state index in [1.165, 1.54) is 0 Å². The van der Waals surface area contributed by atoms with Crippen molar-refractivity contribution >= 4 is 39.6 Å². The Hall–Kier alpha value is -4.12. The standard InChI is InChI=1S/C22H19N3O7S/c1-12(2)32-22(27)19-17(14-6-4-5-13(3)9-14)11-33-21(19)23-20(26)16-8-7-15(24(28)29)10-18(16)25(30)31/h4-12H,1-3H3,(H,23,26). The first-order valence-corrected chi connectivity index (χ1v) is 10.6. The van der Waals surface area contributed by atoms with Crippen molar-refractivity contribution in [2.24, 2.45) is 0 Å². The summed E-state index contributed by atoms with van der Waals surface area (Å²) in [5, 5.41) is 26.7. The van der Waals surface area contributed by atoms with E-state index in [4.69, 9.17) is 4.74 Å². The number of nitro benzene ring substituents is 2. The third-order valence-corrected chi connectivity index (χ3v) is 5.42. The van der Waals surface area contributed by atoms with Crippen molar-refractivity contribution in [3.05, 3.63) is 84.8 Å². The fourth-order valence-electron chi connectivity index (χ4n) is 3.10. The van der Waals surface area contributed by atoms with Crippen LogP contribution in [0.5, 0.6) is 0 Å². The van der Waals surface area contributed by atoms with Crippen molar-refractivity contribution in [2.75, 3.05) is 5.32 Å². The Morgan fingerprint density at radius 1 is 1.06 bits per heavy atom. The van der Waals surface area contributed by atoms with Gasteiger partial charge in [-0.1, -0.05) is 29.8 Å². The number of hydrogen-bond donors (Lipinski definition) is 1. The number of nitrogens with one attached hydrogen (secondary N) is 1. The van der Waals surface area contributed by atoms with Gasteiger partial charge in [0.15, 0.2) is 0 Å². The van der Waals surface area contributed by atoms with E-state index in [0.29, 0.717) is 5.56 Å². The lowest BCUT2D eigenvalue weighted by Gasteiger charge is -2.12. The van der Waals surface area contributed by atoms with Crippen LogP contribution in [0.2, 0.25) is 0 Å². The molecule has 170 valence electrons. The smallest absolute Gasteiger partial charge is 0.342 e. The predicted molar refractivity (Wildman–Crippen MR) is 123 cm³/mol. The zero-order valence-corrected chi connectivity index (χ0v) is 18.7. The predicted octanol–water partition coefficient (Wildman–Crippen LogP) is 5.36. The normalized spacial score (nSPS) is 10.7. The number of nitro groups is 2. The molecule has 0 bridgehead atoms. The number of anilines is 1. The van der Waals surface area contributed by atoms with Crippen molar-refractivity contribution in [3.8, 4) is 11.1 Å². The minimum Gasteiger partial charge on any atom is -0.459 e. The largest absolute Gasteiger partial charge is 0.459 e. The number of non-ortho nitro benzene ring substituents is 1. The van der Waals surface area contributed by atoms with Crippen LogP contribution in [0.25, 0.3) is 11.1 Å². The molecule has 0 atom stereocenters. The average Bonchev–Trinajstić information content (AvgIpc) is 3.16. The van der Waals surface area contributed by atoms with Gasteiger partial charge in [0, 0.05) is 17.0 Å². The fourth-order valence-corrected chi connectivity index (χ4v) is 4.05. The van der Waals surface area contributed by atoms with Gasteiger partial charge >= 0.3 is 5.97 Å². The first-order chi connectivity index (χ1) is 15.6. The summed E-state index contributed by atoms with van der Waals surface area (Å²) in [6.45, 7) is 5.28. The van der Waals surface area contributed by atoms with Crippen LogP contribution in [0.3, 0.4) is 0 Å². The van der Waals surface area contributed by atoms with Crippen molar-refractivity contribution < 1.29 is 24.2 Å². The van der Waals surface area contributed by atoms with Crippen molar-refractivity contribution in [1.82, 2.24) is 0 Å². The average molecular weight is 469 g/mol. The maximum Gasteiger partial charge on any atom is 0.342 e. The molecule has 0 fully saturated rings. The van der Waals surface area contributed by atoms with Crippen LogP contribution < -0.4 is 5.32 Å². The third-order valence-electron chi connectivity index (χ3n) is 4.53. The SMILES string of the molecule is Cc1cccc(-c2csc(NC(=O)c3ccc([N+](=O)[O-])cc3[N+](=O)[O-])c2C(=O)OC(C)C)c1.